The van der Waals surface area contributed by atoms with Gasteiger partial charge in [0.25, 0.3) is 0 Å². The molecule has 25 heavy (non-hydrogen) atoms. The normalized spacial score (nSPS) is 29.5. The van der Waals surface area contributed by atoms with Gasteiger partial charge >= 0.3 is 0 Å². The van der Waals surface area contributed by atoms with Crippen molar-refractivity contribution in [2.75, 3.05) is 0 Å². The van der Waals surface area contributed by atoms with Gasteiger partial charge in [0.2, 0.25) is 0 Å². The summed E-state index contributed by atoms with van der Waals surface area (Å²) in [5.41, 5.74) is 1.97. The van der Waals surface area contributed by atoms with Crippen molar-refractivity contribution in [2.45, 2.75) is 50.8 Å². The zero-order chi connectivity index (χ0) is 17.6. The lowest BCUT2D eigenvalue weighted by Crippen LogP contribution is -2.58. The van der Waals surface area contributed by atoms with Crippen LogP contribution in [0.25, 0.3) is 0 Å². The minimum atomic E-state index is -1.19. The summed E-state index contributed by atoms with van der Waals surface area (Å²) in [6.07, 6.45) is -4.05. The maximum atomic E-state index is 10.6. The van der Waals surface area contributed by atoms with Crippen LogP contribution < -0.4 is 0 Å². The number of hydrogen-bond donors (Lipinski definition) is 2. The van der Waals surface area contributed by atoms with Crippen molar-refractivity contribution >= 4 is 0 Å². The SMILES string of the molecule is CC1O[C@@H](O)C(OCc2ccccc2)C(O)[C@H]1OCc1ccccc1. The Kier molecular flexibility index (Phi) is 6.18. The minimum Gasteiger partial charge on any atom is -0.387 e. The Morgan fingerprint density at radius 1 is 0.800 bits per heavy atom. The Morgan fingerprint density at radius 3 is 1.80 bits per heavy atom. The van der Waals surface area contributed by atoms with Gasteiger partial charge in [0.1, 0.15) is 18.3 Å². The highest BCUT2D eigenvalue weighted by atomic mass is 16.7. The highest BCUT2D eigenvalue weighted by Gasteiger charge is 2.44. The first-order valence-corrected chi connectivity index (χ1v) is 8.48. The molecule has 1 saturated heterocycles. The number of ether oxygens (including phenoxy) is 3. The van der Waals surface area contributed by atoms with Crippen LogP contribution in [0.1, 0.15) is 18.1 Å². The van der Waals surface area contributed by atoms with Crippen LogP contribution in [0.4, 0.5) is 0 Å². The molecule has 1 heterocycles. The van der Waals surface area contributed by atoms with E-state index in [2.05, 4.69) is 0 Å². The van der Waals surface area contributed by atoms with Gasteiger partial charge < -0.3 is 24.4 Å². The molecule has 2 aromatic rings. The van der Waals surface area contributed by atoms with Gasteiger partial charge in [0, 0.05) is 0 Å². The molecule has 0 aliphatic carbocycles. The first-order chi connectivity index (χ1) is 12.1. The topological polar surface area (TPSA) is 68.2 Å². The van der Waals surface area contributed by atoms with Crippen LogP contribution in [0.3, 0.4) is 0 Å². The fourth-order valence-corrected chi connectivity index (χ4v) is 2.96. The summed E-state index contributed by atoms with van der Waals surface area (Å²) < 4.78 is 17.1. The lowest BCUT2D eigenvalue weighted by Gasteiger charge is -2.41. The van der Waals surface area contributed by atoms with Gasteiger partial charge in [-0.1, -0.05) is 60.7 Å². The van der Waals surface area contributed by atoms with Crippen molar-refractivity contribution in [3.05, 3.63) is 71.8 Å². The average Bonchev–Trinajstić information content (AvgIpc) is 2.63. The fraction of sp³-hybridized carbons (Fsp3) is 0.400. The number of hydrogen-bond acceptors (Lipinski definition) is 5. The molecule has 3 unspecified atom stereocenters. The molecule has 0 radical (unpaired) electrons. The average molecular weight is 344 g/mol. The van der Waals surface area contributed by atoms with Crippen molar-refractivity contribution in [3.63, 3.8) is 0 Å². The highest BCUT2D eigenvalue weighted by molar-refractivity contribution is 5.14. The maximum absolute atomic E-state index is 10.6. The van der Waals surface area contributed by atoms with E-state index in [1.807, 2.05) is 60.7 Å². The number of aliphatic hydroxyl groups is 2. The van der Waals surface area contributed by atoms with Gasteiger partial charge in [-0.15, -0.1) is 0 Å². The molecule has 3 rings (SSSR count). The standard InChI is InChI=1S/C20H24O5/c1-14-18(23-12-15-8-4-2-5-9-15)17(21)19(20(22)25-14)24-13-16-10-6-3-7-11-16/h2-11,14,17-22H,12-13H2,1H3/t14?,17?,18-,19?,20+/m0/s1. The first kappa shape index (κ1) is 18.0. The quantitative estimate of drug-likeness (QED) is 0.841. The van der Waals surface area contributed by atoms with Gasteiger partial charge in [-0.2, -0.15) is 0 Å². The van der Waals surface area contributed by atoms with Crippen molar-refractivity contribution in [1.82, 2.24) is 0 Å². The summed E-state index contributed by atoms with van der Waals surface area (Å²) in [6, 6.07) is 19.3. The third-order valence-corrected chi connectivity index (χ3v) is 4.34. The smallest absolute Gasteiger partial charge is 0.184 e. The molecule has 0 bridgehead atoms. The van der Waals surface area contributed by atoms with E-state index in [1.165, 1.54) is 0 Å². The van der Waals surface area contributed by atoms with Gasteiger partial charge in [0.05, 0.1) is 19.3 Å². The molecule has 1 aliphatic heterocycles. The lowest BCUT2D eigenvalue weighted by atomic mass is 9.99. The maximum Gasteiger partial charge on any atom is 0.184 e. The van der Waals surface area contributed by atoms with Gasteiger partial charge in [-0.25, -0.2) is 0 Å². The Labute approximate surface area is 147 Å². The van der Waals surface area contributed by atoms with Gasteiger partial charge in [-0.05, 0) is 18.1 Å². The van der Waals surface area contributed by atoms with E-state index in [9.17, 15) is 10.2 Å². The summed E-state index contributed by atoms with van der Waals surface area (Å²) in [5.74, 6) is 0. The zero-order valence-electron chi connectivity index (χ0n) is 14.2. The van der Waals surface area contributed by atoms with Crippen LogP contribution in [-0.2, 0) is 27.4 Å². The Bertz CT molecular complexity index is 578. The summed E-state index contributed by atoms with van der Waals surface area (Å²) in [4.78, 5) is 0. The molecule has 0 amide bonds. The molecular formula is C20H24O5. The Morgan fingerprint density at radius 2 is 1.28 bits per heavy atom. The molecule has 1 aliphatic rings. The molecule has 0 spiro atoms. The Balaban J connectivity index is 1.61. The van der Waals surface area contributed by atoms with Crippen LogP contribution in [0.5, 0.6) is 0 Å². The second-order valence-corrected chi connectivity index (χ2v) is 6.24. The van der Waals surface area contributed by atoms with Crippen LogP contribution in [0.15, 0.2) is 60.7 Å². The molecule has 2 N–H and O–H groups in total. The minimum absolute atomic E-state index is 0.281. The predicted molar refractivity (Wildman–Crippen MR) is 92.6 cm³/mol. The monoisotopic (exact) mass is 344 g/mol. The summed E-state index contributed by atoms with van der Waals surface area (Å²) >= 11 is 0. The molecule has 5 atom stereocenters. The van der Waals surface area contributed by atoms with Gasteiger partial charge in [0.15, 0.2) is 6.29 Å². The first-order valence-electron chi connectivity index (χ1n) is 8.48. The third-order valence-electron chi connectivity index (χ3n) is 4.34. The van der Waals surface area contributed by atoms with E-state index >= 15 is 0 Å². The molecular weight excluding hydrogens is 320 g/mol. The highest BCUT2D eigenvalue weighted by Crippen LogP contribution is 2.26. The summed E-state index contributed by atoms with van der Waals surface area (Å²) in [6.45, 7) is 2.41. The van der Waals surface area contributed by atoms with Gasteiger partial charge in [-0.3, -0.25) is 0 Å². The van der Waals surface area contributed by atoms with E-state index in [0.717, 1.165) is 11.1 Å². The molecule has 0 aromatic heterocycles. The number of rotatable bonds is 6. The Hall–Kier alpha value is -1.76. The van der Waals surface area contributed by atoms with E-state index in [1.54, 1.807) is 6.92 Å². The third kappa shape index (κ3) is 4.66. The molecule has 134 valence electrons. The van der Waals surface area contributed by atoms with E-state index < -0.39 is 30.7 Å². The number of aliphatic hydroxyl groups excluding tert-OH is 2. The second kappa shape index (κ2) is 8.56. The van der Waals surface area contributed by atoms with Crippen LogP contribution in [0, 0.1) is 0 Å². The molecule has 5 heteroatoms. The van der Waals surface area contributed by atoms with E-state index in [4.69, 9.17) is 14.2 Å². The van der Waals surface area contributed by atoms with Crippen molar-refractivity contribution < 1.29 is 24.4 Å². The predicted octanol–water partition coefficient (Wildman–Crippen LogP) is 2.26. The molecule has 5 nitrogen and oxygen atoms in total. The van der Waals surface area contributed by atoms with Crippen molar-refractivity contribution in [1.29, 1.82) is 0 Å². The van der Waals surface area contributed by atoms with Crippen molar-refractivity contribution in [3.8, 4) is 0 Å². The fourth-order valence-electron chi connectivity index (χ4n) is 2.96. The van der Waals surface area contributed by atoms with Crippen molar-refractivity contribution in [2.24, 2.45) is 0 Å². The van der Waals surface area contributed by atoms with E-state index in [-0.39, 0.29) is 6.61 Å². The summed E-state index contributed by atoms with van der Waals surface area (Å²) in [7, 11) is 0. The zero-order valence-corrected chi connectivity index (χ0v) is 14.2. The number of benzene rings is 2. The molecule has 1 fully saturated rings. The summed E-state index contributed by atoms with van der Waals surface area (Å²) in [5, 5.41) is 20.8. The molecule has 0 saturated carbocycles. The lowest BCUT2D eigenvalue weighted by molar-refractivity contribution is -0.298. The van der Waals surface area contributed by atoms with Crippen LogP contribution in [0.2, 0.25) is 0 Å². The van der Waals surface area contributed by atoms with E-state index in [0.29, 0.717) is 6.61 Å². The van der Waals surface area contributed by atoms with Crippen LogP contribution >= 0.6 is 0 Å². The largest absolute Gasteiger partial charge is 0.387 e. The van der Waals surface area contributed by atoms with Crippen LogP contribution in [-0.4, -0.2) is 40.9 Å². The molecule has 2 aromatic carbocycles. The second-order valence-electron chi connectivity index (χ2n) is 6.24.